The van der Waals surface area contributed by atoms with Crippen molar-refractivity contribution in [3.05, 3.63) is 102 Å². The topological polar surface area (TPSA) is 12.5 Å². The lowest BCUT2D eigenvalue weighted by molar-refractivity contribution is -0.0000136. The molecule has 0 amide bonds. The highest BCUT2D eigenvalue weighted by atomic mass is 79.9. The molecule has 0 aliphatic heterocycles. The van der Waals surface area contributed by atoms with E-state index in [4.69, 9.17) is 4.74 Å². The second-order valence-corrected chi connectivity index (χ2v) is 23.4. The summed E-state index contributed by atoms with van der Waals surface area (Å²) in [5.41, 5.74) is 6.72. The van der Waals surface area contributed by atoms with E-state index in [1.807, 2.05) is 0 Å². The number of halogens is 1. The van der Waals surface area contributed by atoms with Crippen LogP contribution < -0.4 is 21.7 Å². The molecule has 4 heteroatoms. The summed E-state index contributed by atoms with van der Waals surface area (Å²) in [5.74, 6) is 0.940. The number of unbranched alkanes of at least 4 members (excludes halogenated alkanes) is 22. The zero-order valence-electron chi connectivity index (χ0n) is 41.1. The first kappa shape index (κ1) is 56.2. The van der Waals surface area contributed by atoms with Gasteiger partial charge in [-0.1, -0.05) is 203 Å². The van der Waals surface area contributed by atoms with Crippen molar-refractivity contribution in [1.82, 2.24) is 4.90 Å². The van der Waals surface area contributed by atoms with Gasteiger partial charge >= 0.3 is 0 Å². The first-order chi connectivity index (χ1) is 30.0. The van der Waals surface area contributed by atoms with Crippen molar-refractivity contribution in [3.8, 4) is 5.75 Å². The van der Waals surface area contributed by atoms with Gasteiger partial charge in [0.1, 0.15) is 12.4 Å². The quantitative estimate of drug-likeness (QED) is 0.0321. The number of benzene rings is 3. The van der Waals surface area contributed by atoms with Gasteiger partial charge in [-0.25, -0.2) is 0 Å². The van der Waals surface area contributed by atoms with Gasteiger partial charge in [0.05, 0.1) is 24.6 Å². The van der Waals surface area contributed by atoms with E-state index in [9.17, 15) is 0 Å². The Morgan fingerprint density at radius 3 is 1.18 bits per heavy atom. The van der Waals surface area contributed by atoms with Crippen LogP contribution in [-0.2, 0) is 0 Å². The molecule has 3 aromatic rings. The van der Waals surface area contributed by atoms with Gasteiger partial charge < -0.3 is 26.6 Å². The van der Waals surface area contributed by atoms with Crippen LogP contribution in [0.25, 0.3) is 11.1 Å². The lowest BCUT2D eigenvalue weighted by atomic mass is 9.86. The van der Waals surface area contributed by atoms with E-state index in [0.29, 0.717) is 6.61 Å². The molecule has 0 aromatic heterocycles. The van der Waals surface area contributed by atoms with Crippen LogP contribution in [0.1, 0.15) is 211 Å². The molecule has 350 valence electrons. The molecule has 0 spiro atoms. The second kappa shape index (κ2) is 37.3. The molecule has 0 aliphatic rings. The monoisotopic (exact) mass is 932 g/mol. The van der Waals surface area contributed by atoms with Gasteiger partial charge in [-0.2, -0.15) is 0 Å². The first-order valence-electron chi connectivity index (χ1n) is 26.1. The average molecular weight is 933 g/mol. The van der Waals surface area contributed by atoms with Crippen molar-refractivity contribution >= 4 is 18.4 Å². The smallest absolute Gasteiger partial charge is 0.119 e. The van der Waals surface area contributed by atoms with Crippen LogP contribution in [-0.4, -0.2) is 56.8 Å². The lowest BCUT2D eigenvalue weighted by Crippen LogP contribution is -3.00. The first-order valence-corrected chi connectivity index (χ1v) is 28.6. The summed E-state index contributed by atoms with van der Waals surface area (Å²) >= 11 is 0. The number of ether oxygens (including phenoxy) is 1. The van der Waals surface area contributed by atoms with E-state index in [2.05, 4.69) is 125 Å². The standard InChI is InChI=1S/C58H95NOP.BrH/c1-6-9-12-15-23-34-49-61(50-35-24-16-13-10-7-2,51-36-25-17-14-11-8-3)52-37-26-21-19-18-20-22-33-42-57(53-38-29-27-30-39-53)58(54-40-31-28-32-41-54)55-43-45-56(46-44-55)60-48-47-59(4)5;/h27-32,38-41,43-46H,6-26,33-37,42,47-52H2,1-5H3;1H/q+1;/p-1/b58-57-;. The third-order valence-corrected chi connectivity index (χ3v) is 18.3. The summed E-state index contributed by atoms with van der Waals surface area (Å²) in [6, 6.07) is 31.0. The Morgan fingerprint density at radius 1 is 0.419 bits per heavy atom. The summed E-state index contributed by atoms with van der Waals surface area (Å²) in [7, 11) is 3.34. The molecule has 0 heterocycles. The molecule has 0 fully saturated rings. The normalized spacial score (nSPS) is 12.1. The Morgan fingerprint density at radius 2 is 0.774 bits per heavy atom. The Balaban J connectivity index is 0.0000132. The van der Waals surface area contributed by atoms with Gasteiger partial charge in [0.15, 0.2) is 0 Å². The van der Waals surface area contributed by atoms with Crippen LogP contribution in [0.5, 0.6) is 5.75 Å². The Kier molecular flexibility index (Phi) is 33.8. The van der Waals surface area contributed by atoms with Gasteiger partial charge in [0.25, 0.3) is 0 Å². The van der Waals surface area contributed by atoms with Gasteiger partial charge in [-0.05, 0) is 118 Å². The highest BCUT2D eigenvalue weighted by molar-refractivity contribution is 7.75. The average Bonchev–Trinajstić information content (AvgIpc) is 3.28. The van der Waals surface area contributed by atoms with Gasteiger partial charge in [0.2, 0.25) is 0 Å². The van der Waals surface area contributed by atoms with E-state index in [0.717, 1.165) is 18.7 Å². The van der Waals surface area contributed by atoms with Crippen LogP contribution >= 0.6 is 7.26 Å². The van der Waals surface area contributed by atoms with E-state index >= 15 is 0 Å². The second-order valence-electron chi connectivity index (χ2n) is 18.9. The van der Waals surface area contributed by atoms with Gasteiger partial charge in [-0.3, -0.25) is 0 Å². The zero-order valence-corrected chi connectivity index (χ0v) is 43.6. The van der Waals surface area contributed by atoms with Crippen LogP contribution in [0.15, 0.2) is 84.9 Å². The van der Waals surface area contributed by atoms with Crippen molar-refractivity contribution in [2.24, 2.45) is 0 Å². The Labute approximate surface area is 396 Å². The minimum atomic E-state index is -0.844. The molecule has 0 atom stereocenters. The Bertz CT molecular complexity index is 1430. The molecule has 0 unspecified atom stereocenters. The maximum Gasteiger partial charge on any atom is 0.119 e. The summed E-state index contributed by atoms with van der Waals surface area (Å²) in [4.78, 5) is 2.16. The number of likely N-dealkylation sites (N-methyl/N-ethyl adjacent to an activating group) is 1. The lowest BCUT2D eigenvalue weighted by Gasteiger charge is -2.28. The van der Waals surface area contributed by atoms with Crippen LogP contribution in [0.4, 0.5) is 0 Å². The van der Waals surface area contributed by atoms with Crippen LogP contribution in [0.3, 0.4) is 0 Å². The highest BCUT2D eigenvalue weighted by Gasteiger charge is 2.35. The molecule has 0 radical (unpaired) electrons. The molecular weight excluding hydrogens is 838 g/mol. The zero-order chi connectivity index (χ0) is 43.5. The number of hydrogen-bond donors (Lipinski definition) is 0. The number of hydrogen-bond acceptors (Lipinski definition) is 2. The van der Waals surface area contributed by atoms with Crippen LogP contribution in [0, 0.1) is 0 Å². The largest absolute Gasteiger partial charge is 1.00 e. The predicted octanol–water partition coefficient (Wildman–Crippen LogP) is 15.2. The molecule has 3 rings (SSSR count). The highest BCUT2D eigenvalue weighted by Crippen LogP contribution is 2.61. The maximum absolute atomic E-state index is 6.08. The van der Waals surface area contributed by atoms with Crippen molar-refractivity contribution in [2.45, 2.75) is 194 Å². The SMILES string of the molecule is CCCCCCCC[P+](CCCCCCCC)(CCCCCCCC)CCCCCCCCCC/C(=C(\c1ccccc1)c1ccc(OCCN(C)C)cc1)c1ccccc1.[Br-]. The fraction of sp³-hybridized carbons (Fsp3) is 0.655. The van der Waals surface area contributed by atoms with E-state index in [1.165, 1.54) is 195 Å². The molecule has 3 aromatic carbocycles. The minimum absolute atomic E-state index is 0. The molecule has 0 aliphatic carbocycles. The number of allylic oxidation sites excluding steroid dienone is 1. The van der Waals surface area contributed by atoms with Crippen LogP contribution in [0.2, 0.25) is 0 Å². The third-order valence-electron chi connectivity index (χ3n) is 13.2. The fourth-order valence-corrected chi connectivity index (χ4v) is 14.3. The minimum Gasteiger partial charge on any atom is -1.00 e. The molecule has 0 N–H and O–H groups in total. The number of rotatable bonds is 39. The molecule has 0 saturated carbocycles. The van der Waals surface area contributed by atoms with Crippen molar-refractivity contribution in [2.75, 3.05) is 51.9 Å². The summed E-state index contributed by atoms with van der Waals surface area (Å²) in [6.07, 6.45) is 44.9. The predicted molar refractivity (Wildman–Crippen MR) is 277 cm³/mol. The van der Waals surface area contributed by atoms with E-state index < -0.39 is 7.26 Å². The molecule has 62 heavy (non-hydrogen) atoms. The summed E-state index contributed by atoms with van der Waals surface area (Å²) in [5, 5.41) is 0. The van der Waals surface area contributed by atoms with Crippen molar-refractivity contribution < 1.29 is 21.7 Å². The molecule has 0 saturated heterocycles. The maximum atomic E-state index is 6.08. The van der Waals surface area contributed by atoms with Gasteiger partial charge in [-0.15, -0.1) is 0 Å². The van der Waals surface area contributed by atoms with Gasteiger partial charge in [0, 0.05) is 13.8 Å². The molecule has 2 nitrogen and oxygen atoms in total. The van der Waals surface area contributed by atoms with Crippen molar-refractivity contribution in [3.63, 3.8) is 0 Å². The number of nitrogens with zero attached hydrogens (tertiary/aromatic N) is 1. The Hall–Kier alpha value is -1.93. The third kappa shape index (κ3) is 24.9. The summed E-state index contributed by atoms with van der Waals surface area (Å²) in [6.45, 7) is 8.67. The molecular formula is C58H95BrNOP. The summed E-state index contributed by atoms with van der Waals surface area (Å²) < 4.78 is 6.08. The molecule has 0 bridgehead atoms. The van der Waals surface area contributed by atoms with E-state index in [1.54, 1.807) is 24.6 Å². The van der Waals surface area contributed by atoms with E-state index in [-0.39, 0.29) is 17.0 Å². The fourth-order valence-electron chi connectivity index (χ4n) is 9.40. The van der Waals surface area contributed by atoms with Crippen molar-refractivity contribution in [1.29, 1.82) is 0 Å².